The maximum absolute atomic E-state index is 12.9. The number of halogens is 1. The van der Waals surface area contributed by atoms with Crippen LogP contribution in [0.15, 0.2) is 54.6 Å². The van der Waals surface area contributed by atoms with Gasteiger partial charge in [-0.2, -0.15) is 5.10 Å². The normalized spacial score (nSPS) is 13.3. The summed E-state index contributed by atoms with van der Waals surface area (Å²) in [4.78, 5) is 26.5. The van der Waals surface area contributed by atoms with Gasteiger partial charge in [-0.15, -0.1) is 11.3 Å². The number of aryl methyl sites for hydroxylation is 1. The molecule has 0 radical (unpaired) electrons. The number of hydrogen-bond acceptors (Lipinski definition) is 4. The first kappa shape index (κ1) is 20.7. The van der Waals surface area contributed by atoms with Crippen molar-refractivity contribution in [3.8, 4) is 0 Å². The van der Waals surface area contributed by atoms with Gasteiger partial charge in [-0.3, -0.25) is 14.3 Å². The predicted octanol–water partition coefficient (Wildman–Crippen LogP) is 5.71. The van der Waals surface area contributed by atoms with E-state index in [4.69, 9.17) is 11.6 Å². The van der Waals surface area contributed by atoms with Crippen LogP contribution in [0.3, 0.4) is 0 Å². The van der Waals surface area contributed by atoms with E-state index in [1.54, 1.807) is 6.07 Å². The Balaban J connectivity index is 1.34. The third kappa shape index (κ3) is 4.40. The first-order valence-corrected chi connectivity index (χ1v) is 11.6. The number of rotatable bonds is 6. The second kappa shape index (κ2) is 8.41. The monoisotopic (exact) mass is 464 g/mol. The van der Waals surface area contributed by atoms with Crippen molar-refractivity contribution in [2.45, 2.75) is 26.3 Å². The summed E-state index contributed by atoms with van der Waals surface area (Å²) in [6.07, 6.45) is 1.89. The number of amides is 2. The minimum Gasteiger partial charge on any atom is -0.326 e. The molecule has 0 unspecified atom stereocenters. The minimum atomic E-state index is -0.186. The Morgan fingerprint density at radius 3 is 2.53 bits per heavy atom. The number of nitrogens with zero attached hydrogens (tertiary/aromatic N) is 2. The van der Waals surface area contributed by atoms with Crippen LogP contribution in [0.2, 0.25) is 5.02 Å². The Bertz CT molecular complexity index is 1320. The van der Waals surface area contributed by atoms with E-state index in [-0.39, 0.29) is 17.7 Å². The molecule has 1 saturated carbocycles. The van der Waals surface area contributed by atoms with Gasteiger partial charge in [0.15, 0.2) is 0 Å². The highest BCUT2D eigenvalue weighted by atomic mass is 35.5. The fourth-order valence-corrected chi connectivity index (χ4v) is 4.73. The van der Waals surface area contributed by atoms with E-state index in [1.807, 2.05) is 60.1 Å². The average Bonchev–Trinajstić information content (AvgIpc) is 3.46. The van der Waals surface area contributed by atoms with Gasteiger partial charge in [0.25, 0.3) is 5.91 Å². The van der Waals surface area contributed by atoms with Crippen LogP contribution in [0.4, 0.5) is 11.4 Å². The van der Waals surface area contributed by atoms with E-state index in [0.717, 1.165) is 34.3 Å². The molecule has 32 heavy (non-hydrogen) atoms. The van der Waals surface area contributed by atoms with Crippen LogP contribution in [0.1, 0.15) is 33.8 Å². The number of carbonyl (C=O) groups is 2. The summed E-state index contributed by atoms with van der Waals surface area (Å²) in [5.74, 6) is -0.0181. The van der Waals surface area contributed by atoms with Gasteiger partial charge in [0.1, 0.15) is 4.83 Å². The Morgan fingerprint density at radius 2 is 1.81 bits per heavy atom. The lowest BCUT2D eigenvalue weighted by Gasteiger charge is -2.08. The predicted molar refractivity (Wildman–Crippen MR) is 129 cm³/mol. The molecule has 5 rings (SSSR count). The van der Waals surface area contributed by atoms with Gasteiger partial charge in [-0.25, -0.2) is 0 Å². The SMILES string of the molecule is Cc1nn(Cc2ccc(Cl)cc2)c2sc(C(=O)Nc3cccc(NC(=O)C4CC4)c3)cc12. The first-order chi connectivity index (χ1) is 15.5. The molecule has 2 N–H and O–H groups in total. The van der Waals surface area contributed by atoms with Crippen molar-refractivity contribution in [1.82, 2.24) is 9.78 Å². The third-order valence-corrected chi connectivity index (χ3v) is 6.81. The zero-order chi connectivity index (χ0) is 22.2. The van der Waals surface area contributed by atoms with Gasteiger partial charge in [0.05, 0.1) is 17.1 Å². The fraction of sp³-hybridized carbons (Fsp3) is 0.208. The van der Waals surface area contributed by atoms with Gasteiger partial charge >= 0.3 is 0 Å². The summed E-state index contributed by atoms with van der Waals surface area (Å²) < 4.78 is 1.92. The van der Waals surface area contributed by atoms with Crippen molar-refractivity contribution < 1.29 is 9.59 Å². The molecule has 1 aliphatic rings. The number of aromatic nitrogens is 2. The van der Waals surface area contributed by atoms with Gasteiger partial charge < -0.3 is 10.6 Å². The van der Waals surface area contributed by atoms with Crippen molar-refractivity contribution in [1.29, 1.82) is 0 Å². The molecule has 162 valence electrons. The van der Waals surface area contributed by atoms with Crippen molar-refractivity contribution >= 4 is 56.3 Å². The van der Waals surface area contributed by atoms with Crippen LogP contribution in [-0.2, 0) is 11.3 Å². The number of hydrogen-bond donors (Lipinski definition) is 2. The molecule has 0 aliphatic heterocycles. The lowest BCUT2D eigenvalue weighted by atomic mass is 10.2. The van der Waals surface area contributed by atoms with E-state index in [9.17, 15) is 9.59 Å². The molecule has 4 aromatic rings. The summed E-state index contributed by atoms with van der Waals surface area (Å²) >= 11 is 7.40. The maximum Gasteiger partial charge on any atom is 0.265 e. The van der Waals surface area contributed by atoms with E-state index in [0.29, 0.717) is 27.8 Å². The average molecular weight is 465 g/mol. The van der Waals surface area contributed by atoms with Crippen molar-refractivity contribution in [3.63, 3.8) is 0 Å². The van der Waals surface area contributed by atoms with Crippen molar-refractivity contribution in [2.75, 3.05) is 10.6 Å². The lowest BCUT2D eigenvalue weighted by Crippen LogP contribution is -2.14. The van der Waals surface area contributed by atoms with Crippen LogP contribution < -0.4 is 10.6 Å². The number of anilines is 2. The Labute approximate surface area is 194 Å². The number of fused-ring (bicyclic) bond motifs is 1. The molecule has 2 aromatic heterocycles. The standard InChI is InChI=1S/C24H21ClN4O2S/c1-14-20-12-21(32-24(20)29(28-14)13-15-5-9-17(25)10-6-15)23(31)27-19-4-2-3-18(11-19)26-22(30)16-7-8-16/h2-6,9-12,16H,7-8,13H2,1H3,(H,26,30)(H,27,31). The van der Waals surface area contributed by atoms with Crippen LogP contribution >= 0.6 is 22.9 Å². The molecule has 1 fully saturated rings. The van der Waals surface area contributed by atoms with Gasteiger partial charge in [0.2, 0.25) is 5.91 Å². The molecule has 1 aliphatic carbocycles. The second-order valence-corrected chi connectivity index (χ2v) is 9.46. The quantitative estimate of drug-likeness (QED) is 0.383. The second-order valence-electron chi connectivity index (χ2n) is 8.00. The number of nitrogens with one attached hydrogen (secondary N) is 2. The fourth-order valence-electron chi connectivity index (χ4n) is 3.55. The van der Waals surface area contributed by atoms with Crippen LogP contribution in [0.25, 0.3) is 10.2 Å². The molecule has 2 aromatic carbocycles. The minimum absolute atomic E-state index is 0.0405. The van der Waals surface area contributed by atoms with Crippen LogP contribution in [0.5, 0.6) is 0 Å². The van der Waals surface area contributed by atoms with Crippen LogP contribution in [-0.4, -0.2) is 21.6 Å². The highest BCUT2D eigenvalue weighted by Crippen LogP contribution is 2.31. The highest BCUT2D eigenvalue weighted by molar-refractivity contribution is 7.20. The molecule has 2 heterocycles. The summed E-state index contributed by atoms with van der Waals surface area (Å²) in [5, 5.41) is 12.1. The Morgan fingerprint density at radius 1 is 1.09 bits per heavy atom. The summed E-state index contributed by atoms with van der Waals surface area (Å²) in [5.41, 5.74) is 3.29. The van der Waals surface area contributed by atoms with Crippen molar-refractivity contribution in [2.24, 2.45) is 5.92 Å². The topological polar surface area (TPSA) is 76.0 Å². The molecule has 8 heteroatoms. The summed E-state index contributed by atoms with van der Waals surface area (Å²) in [6, 6.07) is 16.8. The largest absolute Gasteiger partial charge is 0.326 e. The molecule has 0 spiro atoms. The number of carbonyl (C=O) groups excluding carboxylic acids is 2. The van der Waals surface area contributed by atoms with E-state index in [1.165, 1.54) is 11.3 Å². The lowest BCUT2D eigenvalue weighted by molar-refractivity contribution is -0.117. The molecule has 0 saturated heterocycles. The first-order valence-electron chi connectivity index (χ1n) is 10.4. The number of benzene rings is 2. The number of thiophene rings is 1. The van der Waals surface area contributed by atoms with E-state index >= 15 is 0 Å². The van der Waals surface area contributed by atoms with Gasteiger partial charge in [-0.05, 0) is 61.7 Å². The van der Waals surface area contributed by atoms with E-state index in [2.05, 4.69) is 15.7 Å². The summed E-state index contributed by atoms with van der Waals surface area (Å²) in [7, 11) is 0. The molecule has 2 amide bonds. The molecule has 6 nitrogen and oxygen atoms in total. The third-order valence-electron chi connectivity index (χ3n) is 5.41. The zero-order valence-electron chi connectivity index (χ0n) is 17.4. The van der Waals surface area contributed by atoms with Crippen LogP contribution in [0, 0.1) is 12.8 Å². The summed E-state index contributed by atoms with van der Waals surface area (Å²) in [6.45, 7) is 2.55. The van der Waals surface area contributed by atoms with E-state index < -0.39 is 0 Å². The van der Waals surface area contributed by atoms with Crippen molar-refractivity contribution in [3.05, 3.63) is 75.8 Å². The molecular weight excluding hydrogens is 444 g/mol. The smallest absolute Gasteiger partial charge is 0.265 e. The zero-order valence-corrected chi connectivity index (χ0v) is 19.0. The molecule has 0 atom stereocenters. The Hall–Kier alpha value is -3.16. The van der Waals surface area contributed by atoms with Gasteiger partial charge in [-0.1, -0.05) is 29.8 Å². The maximum atomic E-state index is 12.9. The highest BCUT2D eigenvalue weighted by Gasteiger charge is 2.29. The molecular formula is C24H21ClN4O2S. The Kier molecular flexibility index (Phi) is 5.45. The molecule has 0 bridgehead atoms. The van der Waals surface area contributed by atoms with Gasteiger partial charge in [0, 0.05) is 27.7 Å².